The van der Waals surface area contributed by atoms with Crippen molar-refractivity contribution >= 4 is 53.3 Å². The van der Waals surface area contributed by atoms with Gasteiger partial charge < -0.3 is 4.18 Å². The molecule has 0 fully saturated rings. The third-order valence-electron chi connectivity index (χ3n) is 4.64. The predicted molar refractivity (Wildman–Crippen MR) is 134 cm³/mol. The van der Waals surface area contributed by atoms with Crippen LogP contribution >= 0.6 is 20.2 Å². The van der Waals surface area contributed by atoms with E-state index in [0.717, 1.165) is 28.2 Å². The second-order valence-corrected chi connectivity index (χ2v) is 10.4. The van der Waals surface area contributed by atoms with E-state index in [-0.39, 0.29) is 18.9 Å². The van der Waals surface area contributed by atoms with E-state index in [1.54, 1.807) is 37.3 Å². The van der Waals surface area contributed by atoms with Crippen LogP contribution in [0.15, 0.2) is 68.6 Å². The summed E-state index contributed by atoms with van der Waals surface area (Å²) >= 11 is 0.194. The van der Waals surface area contributed by atoms with Crippen molar-refractivity contribution < 1.29 is 25.7 Å². The molecule has 10 heteroatoms. The number of rotatable bonds is 6. The third kappa shape index (κ3) is 8.40. The molecule has 1 heterocycles. The van der Waals surface area contributed by atoms with Crippen LogP contribution in [0.1, 0.15) is 37.0 Å². The van der Waals surface area contributed by atoms with E-state index < -0.39 is 10.3 Å². The molecular weight excluding hydrogens is 525 g/mol. The average molecular weight is 550 g/mol. The normalized spacial score (nSPS) is 14.4. The van der Waals surface area contributed by atoms with Crippen molar-refractivity contribution in [2.24, 2.45) is 14.4 Å². The van der Waals surface area contributed by atoms with Gasteiger partial charge in [0.25, 0.3) is 0 Å². The molecule has 0 radical (unpaired) electrons. The quantitative estimate of drug-likeness (QED) is 0.301. The van der Waals surface area contributed by atoms with Crippen molar-refractivity contribution in [1.29, 1.82) is 0 Å². The predicted octanol–water partition coefficient (Wildman–Crippen LogP) is 6.59. The summed E-state index contributed by atoms with van der Waals surface area (Å²) in [6.07, 6.45) is 2.42. The van der Waals surface area contributed by atoms with Crippen LogP contribution in [0, 0.1) is 20.8 Å². The molecule has 178 valence electrons. The molecule has 0 atom stereocenters. The summed E-state index contributed by atoms with van der Waals surface area (Å²) in [6.45, 7) is 9.66. The maximum absolute atomic E-state index is 12.2. The Balaban J connectivity index is 0.00000122. The number of aliphatic imine (C=N–C) groups is 2. The summed E-state index contributed by atoms with van der Waals surface area (Å²) in [5.74, 6) is 0.216. The number of hydrogen-bond acceptors (Lipinski definition) is 5. The van der Waals surface area contributed by atoms with Crippen LogP contribution in [0.3, 0.4) is 0 Å². The third-order valence-corrected chi connectivity index (χ3v) is 5.54. The molecule has 3 rings (SSSR count). The molecule has 6 nitrogen and oxygen atoms in total. The number of nitrogens with zero attached hydrogens (tertiary/aromatic N) is 3. The molecule has 0 amide bonds. The number of allylic oxidation sites excluding steroid dienone is 2. The molecule has 0 saturated heterocycles. The van der Waals surface area contributed by atoms with Crippen LogP contribution in [0.25, 0.3) is 0 Å². The maximum atomic E-state index is 12.2. The first-order valence-corrected chi connectivity index (χ1v) is 14.3. The van der Waals surface area contributed by atoms with Gasteiger partial charge in [-0.15, -0.1) is 4.40 Å². The van der Waals surface area contributed by atoms with E-state index in [2.05, 4.69) is 28.4 Å². The number of halogens is 2. The van der Waals surface area contributed by atoms with Crippen LogP contribution in [-0.4, -0.2) is 25.6 Å². The zero-order valence-corrected chi connectivity index (χ0v) is 22.3. The number of hydrogen-bond donors (Lipinski definition) is 0. The van der Waals surface area contributed by atoms with Gasteiger partial charge in [-0.1, -0.05) is 42.0 Å². The Kier molecular flexibility index (Phi) is 10.3. The Morgan fingerprint density at radius 3 is 2.18 bits per heavy atom. The number of benzene rings is 2. The first kappa shape index (κ1) is 27.3. The first-order valence-electron chi connectivity index (χ1n) is 9.89. The molecule has 0 bridgehead atoms. The molecule has 0 saturated carbocycles. The van der Waals surface area contributed by atoms with Crippen LogP contribution in [0.4, 0.5) is 5.69 Å². The molecule has 0 aliphatic carbocycles. The summed E-state index contributed by atoms with van der Waals surface area (Å²) in [5.41, 5.74) is 6.73. The van der Waals surface area contributed by atoms with Crippen LogP contribution in [-0.2, 0) is 23.4 Å². The summed E-state index contributed by atoms with van der Waals surface area (Å²) in [6, 6.07) is 12.5. The average Bonchev–Trinajstić information content (AvgIpc) is 3.22. The molecule has 1 aliphatic heterocycles. The van der Waals surface area contributed by atoms with Crippen LogP contribution < -0.4 is 4.18 Å². The van der Waals surface area contributed by atoms with E-state index in [4.69, 9.17) is 29.4 Å². The molecule has 0 unspecified atom stereocenters. The van der Waals surface area contributed by atoms with E-state index >= 15 is 0 Å². The second kappa shape index (κ2) is 12.5. The van der Waals surface area contributed by atoms with Crippen molar-refractivity contribution in [2.45, 2.75) is 41.0 Å². The van der Waals surface area contributed by atoms with E-state index in [1.807, 2.05) is 26.8 Å². The number of aryl methyl sites for hydroxylation is 3. The van der Waals surface area contributed by atoms with Gasteiger partial charge in [0.15, 0.2) is 0 Å². The monoisotopic (exact) mass is 549 g/mol. The Labute approximate surface area is 210 Å². The number of para-hydroxylation sites is 1. The zero-order chi connectivity index (χ0) is 24.6. The topological polar surface area (TPSA) is 80.5 Å². The van der Waals surface area contributed by atoms with Gasteiger partial charge in [0, 0.05) is 6.42 Å². The van der Waals surface area contributed by atoms with Gasteiger partial charge in [-0.25, -0.2) is 4.99 Å². The van der Waals surface area contributed by atoms with Gasteiger partial charge in [-0.2, -0.15) is 8.42 Å². The van der Waals surface area contributed by atoms with Crippen molar-refractivity contribution in [3.63, 3.8) is 0 Å². The fourth-order valence-corrected chi connectivity index (χ4v) is 4.13. The zero-order valence-electron chi connectivity index (χ0n) is 18.9. The fourth-order valence-electron chi connectivity index (χ4n) is 3.30. The Morgan fingerprint density at radius 1 is 1.03 bits per heavy atom. The van der Waals surface area contributed by atoms with Crippen LogP contribution in [0.2, 0.25) is 0 Å². The van der Waals surface area contributed by atoms with Crippen LogP contribution in [0.5, 0.6) is 5.75 Å². The minimum atomic E-state index is -4.12. The summed E-state index contributed by atoms with van der Waals surface area (Å²) < 4.78 is 33.2. The summed E-state index contributed by atoms with van der Waals surface area (Å²) in [7, 11) is 5.41. The Bertz CT molecular complexity index is 1200. The van der Waals surface area contributed by atoms with Gasteiger partial charge in [0.1, 0.15) is 5.75 Å². The summed E-state index contributed by atoms with van der Waals surface area (Å²) in [5, 5.41) is 0. The molecule has 2 aromatic rings. The molecule has 0 aromatic heterocycles. The van der Waals surface area contributed by atoms with E-state index in [1.165, 1.54) is 5.56 Å². The molecule has 33 heavy (non-hydrogen) atoms. The molecule has 2 aromatic carbocycles. The van der Waals surface area contributed by atoms with Crippen molar-refractivity contribution in [3.8, 4) is 5.75 Å². The first-order chi connectivity index (χ1) is 15.6. The van der Waals surface area contributed by atoms with Gasteiger partial charge in [-0.05, 0) is 57.9 Å². The molecule has 0 N–H and O–H groups in total. The van der Waals surface area contributed by atoms with Crippen molar-refractivity contribution in [1.82, 2.24) is 0 Å². The fraction of sp³-hybridized carbons (Fsp3) is 0.261. The second-order valence-electron chi connectivity index (χ2n) is 7.35. The van der Waals surface area contributed by atoms with Gasteiger partial charge >= 0.3 is 43.6 Å². The Morgan fingerprint density at radius 2 is 1.61 bits per heavy atom. The molecular formula is C23H25Cl2FeN3O3S. The Hall–Kier alpha value is -1.96. The van der Waals surface area contributed by atoms with Crippen molar-refractivity contribution in [3.05, 3.63) is 70.9 Å². The van der Waals surface area contributed by atoms with Gasteiger partial charge in [-0.3, -0.25) is 4.99 Å². The van der Waals surface area contributed by atoms with Gasteiger partial charge in [0.2, 0.25) is 0 Å². The summed E-state index contributed by atoms with van der Waals surface area (Å²) in [4.78, 5) is 9.31. The standard InChI is InChI=1S/C23H25N3O3S.2ClH.Fe/c1-15-13-16(2)23(17(3)14-15)24-18(4)21-11-12-22(25-21)19(5)26-30(27,28)29-20-9-7-6-8-10-20;;;/h6-11,13-14H,12H2,1-5H3;2*1H;/q;;;+2/p-2/b24-18?,26-19+;;;. The minimum absolute atomic E-state index is 0.194. The van der Waals surface area contributed by atoms with E-state index in [9.17, 15) is 8.42 Å². The SMILES string of the molecule is CC(=Nc1c(C)cc(C)cc1C)C1=CCC(/C(C)=N/S(=O)(=O)Oc2ccccc2)=N1.[Cl][Fe][Cl]. The van der Waals surface area contributed by atoms with E-state index in [0.29, 0.717) is 17.8 Å². The molecule has 1 aliphatic rings. The van der Waals surface area contributed by atoms with Crippen molar-refractivity contribution in [2.75, 3.05) is 0 Å². The molecule has 0 spiro atoms. The van der Waals surface area contributed by atoms with Gasteiger partial charge in [0.05, 0.1) is 28.5 Å².